The predicted octanol–water partition coefficient (Wildman–Crippen LogP) is 5.02. The van der Waals surface area contributed by atoms with E-state index in [0.717, 1.165) is 28.9 Å². The molecule has 0 amide bonds. The van der Waals surface area contributed by atoms with Gasteiger partial charge in [-0.25, -0.2) is 0 Å². The van der Waals surface area contributed by atoms with Gasteiger partial charge in [-0.2, -0.15) is 0 Å². The number of aromatic nitrogens is 1. The third-order valence-electron chi connectivity index (χ3n) is 4.26. The molecule has 0 fully saturated rings. The molecular formula is C21H21NO. The quantitative estimate of drug-likeness (QED) is 0.620. The number of hydrogen-bond acceptors (Lipinski definition) is 1. The molecule has 0 radical (unpaired) electrons. The summed E-state index contributed by atoms with van der Waals surface area (Å²) in [5.74, 6) is 0.115. The standard InChI is InChI=1S/C21H21NO/c1-15-9-11-18(12-10-15)13-22-14-20(19-7-5-4-6-8-19)21(16(22)2)17(3)23/h4-12,14H,13H2,1-3H3. The zero-order chi connectivity index (χ0) is 16.4. The first kappa shape index (κ1) is 15.3. The molecule has 1 aromatic heterocycles. The van der Waals surface area contributed by atoms with Crippen LogP contribution in [0.15, 0.2) is 60.8 Å². The maximum atomic E-state index is 12.2. The third-order valence-corrected chi connectivity index (χ3v) is 4.26. The summed E-state index contributed by atoms with van der Waals surface area (Å²) in [6.07, 6.45) is 2.10. The zero-order valence-electron chi connectivity index (χ0n) is 13.8. The van der Waals surface area contributed by atoms with Gasteiger partial charge in [0.05, 0.1) is 0 Å². The van der Waals surface area contributed by atoms with Gasteiger partial charge in [-0.3, -0.25) is 4.79 Å². The molecule has 0 saturated carbocycles. The molecule has 0 N–H and O–H groups in total. The summed E-state index contributed by atoms with van der Waals surface area (Å²) in [7, 11) is 0. The Morgan fingerprint density at radius 2 is 1.61 bits per heavy atom. The van der Waals surface area contributed by atoms with Crippen LogP contribution in [-0.4, -0.2) is 10.4 Å². The van der Waals surface area contributed by atoms with Crippen molar-refractivity contribution in [3.8, 4) is 11.1 Å². The summed E-state index contributed by atoms with van der Waals surface area (Å²) in [5, 5.41) is 0. The van der Waals surface area contributed by atoms with E-state index in [4.69, 9.17) is 0 Å². The van der Waals surface area contributed by atoms with Crippen LogP contribution in [0.4, 0.5) is 0 Å². The number of aryl methyl sites for hydroxylation is 1. The topological polar surface area (TPSA) is 22.0 Å². The Morgan fingerprint density at radius 3 is 2.22 bits per heavy atom. The van der Waals surface area contributed by atoms with Gasteiger partial charge >= 0.3 is 0 Å². The van der Waals surface area contributed by atoms with Crippen LogP contribution < -0.4 is 0 Å². The second-order valence-corrected chi connectivity index (χ2v) is 6.04. The van der Waals surface area contributed by atoms with Gasteiger partial charge in [-0.1, -0.05) is 60.2 Å². The van der Waals surface area contributed by atoms with Gasteiger partial charge in [0, 0.05) is 29.6 Å². The van der Waals surface area contributed by atoms with E-state index < -0.39 is 0 Å². The molecular weight excluding hydrogens is 282 g/mol. The van der Waals surface area contributed by atoms with E-state index in [-0.39, 0.29) is 5.78 Å². The van der Waals surface area contributed by atoms with Crippen molar-refractivity contribution in [3.05, 3.63) is 83.2 Å². The first-order valence-corrected chi connectivity index (χ1v) is 7.88. The lowest BCUT2D eigenvalue weighted by atomic mass is 10.0. The lowest BCUT2D eigenvalue weighted by Crippen LogP contribution is -2.03. The molecule has 3 rings (SSSR count). The summed E-state index contributed by atoms with van der Waals surface area (Å²) in [5.41, 5.74) is 6.45. The monoisotopic (exact) mass is 303 g/mol. The number of carbonyl (C=O) groups excluding carboxylic acids is 1. The summed E-state index contributed by atoms with van der Waals surface area (Å²) >= 11 is 0. The number of carbonyl (C=O) groups is 1. The van der Waals surface area contributed by atoms with Gasteiger partial charge in [0.1, 0.15) is 0 Å². The van der Waals surface area contributed by atoms with Gasteiger partial charge in [0.15, 0.2) is 5.78 Å². The molecule has 23 heavy (non-hydrogen) atoms. The van der Waals surface area contributed by atoms with E-state index in [1.54, 1.807) is 6.92 Å². The van der Waals surface area contributed by atoms with Crippen LogP contribution in [0.25, 0.3) is 11.1 Å². The van der Waals surface area contributed by atoms with E-state index in [1.807, 2.05) is 25.1 Å². The average Bonchev–Trinajstić information content (AvgIpc) is 2.87. The molecule has 0 aliphatic heterocycles. The number of ketones is 1. The average molecular weight is 303 g/mol. The maximum absolute atomic E-state index is 12.2. The Morgan fingerprint density at radius 1 is 0.957 bits per heavy atom. The minimum absolute atomic E-state index is 0.115. The van der Waals surface area contributed by atoms with Crippen LogP contribution in [0.5, 0.6) is 0 Å². The smallest absolute Gasteiger partial charge is 0.162 e. The molecule has 2 heteroatoms. The lowest BCUT2D eigenvalue weighted by molar-refractivity contribution is 0.101. The predicted molar refractivity (Wildman–Crippen MR) is 94.9 cm³/mol. The van der Waals surface area contributed by atoms with Crippen LogP contribution in [0.3, 0.4) is 0 Å². The van der Waals surface area contributed by atoms with Gasteiger partial charge in [0.25, 0.3) is 0 Å². The number of nitrogens with zero attached hydrogens (tertiary/aromatic N) is 1. The fourth-order valence-electron chi connectivity index (χ4n) is 2.99. The molecule has 2 nitrogen and oxygen atoms in total. The summed E-state index contributed by atoms with van der Waals surface area (Å²) in [6, 6.07) is 18.6. The van der Waals surface area contributed by atoms with Crippen molar-refractivity contribution >= 4 is 5.78 Å². The maximum Gasteiger partial charge on any atom is 0.162 e. The van der Waals surface area contributed by atoms with Crippen molar-refractivity contribution in [1.82, 2.24) is 4.57 Å². The van der Waals surface area contributed by atoms with Crippen molar-refractivity contribution in [1.29, 1.82) is 0 Å². The largest absolute Gasteiger partial charge is 0.346 e. The van der Waals surface area contributed by atoms with Crippen LogP contribution in [-0.2, 0) is 6.54 Å². The molecule has 3 aromatic rings. The highest BCUT2D eigenvalue weighted by atomic mass is 16.1. The van der Waals surface area contributed by atoms with E-state index in [9.17, 15) is 4.79 Å². The SMILES string of the molecule is CC(=O)c1c(-c2ccccc2)cn(Cc2ccc(C)cc2)c1C. The van der Waals surface area contributed by atoms with E-state index in [0.29, 0.717) is 0 Å². The third kappa shape index (κ3) is 3.11. The van der Waals surface area contributed by atoms with Crippen molar-refractivity contribution < 1.29 is 4.79 Å². The summed E-state index contributed by atoms with van der Waals surface area (Å²) in [4.78, 5) is 12.2. The second-order valence-electron chi connectivity index (χ2n) is 6.04. The highest BCUT2D eigenvalue weighted by molar-refractivity contribution is 6.02. The van der Waals surface area contributed by atoms with Crippen molar-refractivity contribution in [3.63, 3.8) is 0 Å². The Kier molecular flexibility index (Phi) is 4.16. The normalized spacial score (nSPS) is 10.7. The molecule has 1 heterocycles. The lowest BCUT2D eigenvalue weighted by Gasteiger charge is -2.07. The van der Waals surface area contributed by atoms with Crippen LogP contribution in [0, 0.1) is 13.8 Å². The van der Waals surface area contributed by atoms with Crippen LogP contribution >= 0.6 is 0 Å². The van der Waals surface area contributed by atoms with Crippen LogP contribution in [0.1, 0.15) is 34.1 Å². The van der Waals surface area contributed by atoms with Crippen molar-refractivity contribution in [2.24, 2.45) is 0 Å². The van der Waals surface area contributed by atoms with Crippen molar-refractivity contribution in [2.45, 2.75) is 27.3 Å². The Hall–Kier alpha value is -2.61. The van der Waals surface area contributed by atoms with Gasteiger partial charge in [-0.05, 0) is 31.9 Å². The van der Waals surface area contributed by atoms with Crippen molar-refractivity contribution in [2.75, 3.05) is 0 Å². The number of Topliss-reactive ketones (excluding diaryl/α,β-unsaturated/α-hetero) is 1. The van der Waals surface area contributed by atoms with Gasteiger partial charge < -0.3 is 4.57 Å². The van der Waals surface area contributed by atoms with Gasteiger partial charge in [-0.15, -0.1) is 0 Å². The molecule has 2 aromatic carbocycles. The number of rotatable bonds is 4. The number of benzene rings is 2. The second kappa shape index (κ2) is 6.25. The minimum Gasteiger partial charge on any atom is -0.346 e. The first-order chi connectivity index (χ1) is 11.1. The van der Waals surface area contributed by atoms with E-state index >= 15 is 0 Å². The molecule has 0 aliphatic rings. The molecule has 116 valence electrons. The molecule has 0 atom stereocenters. The molecule has 0 aliphatic carbocycles. The Balaban J connectivity index is 2.05. The first-order valence-electron chi connectivity index (χ1n) is 7.88. The van der Waals surface area contributed by atoms with Gasteiger partial charge in [0.2, 0.25) is 0 Å². The zero-order valence-corrected chi connectivity index (χ0v) is 13.8. The highest BCUT2D eigenvalue weighted by Crippen LogP contribution is 2.29. The summed E-state index contributed by atoms with van der Waals surface area (Å²) < 4.78 is 2.17. The molecule has 0 bridgehead atoms. The van der Waals surface area contributed by atoms with Crippen LogP contribution in [0.2, 0.25) is 0 Å². The fourth-order valence-corrected chi connectivity index (χ4v) is 2.99. The fraction of sp³-hybridized carbons (Fsp3) is 0.190. The van der Waals surface area contributed by atoms with E-state index in [2.05, 4.69) is 54.1 Å². The minimum atomic E-state index is 0.115. The highest BCUT2D eigenvalue weighted by Gasteiger charge is 2.17. The summed E-state index contributed by atoms with van der Waals surface area (Å²) in [6.45, 7) is 6.54. The number of hydrogen-bond donors (Lipinski definition) is 0. The molecule has 0 saturated heterocycles. The Labute approximate surface area is 137 Å². The van der Waals surface area contributed by atoms with E-state index in [1.165, 1.54) is 11.1 Å². The molecule has 0 spiro atoms. The molecule has 0 unspecified atom stereocenters. The Bertz CT molecular complexity index is 826.